The molecule has 2 unspecified atom stereocenters. The average Bonchev–Trinajstić information content (AvgIpc) is 3.54. The number of amides is 1. The highest BCUT2D eigenvalue weighted by Crippen LogP contribution is 2.42. The van der Waals surface area contributed by atoms with Crippen molar-refractivity contribution in [2.24, 2.45) is 17.8 Å². The highest BCUT2D eigenvalue weighted by atomic mass is 32.1. The molecule has 2 N–H and O–H groups in total. The van der Waals surface area contributed by atoms with Crippen molar-refractivity contribution in [3.8, 4) is 11.4 Å². The molecule has 2 atom stereocenters. The molecule has 0 radical (unpaired) electrons. The lowest BCUT2D eigenvalue weighted by Crippen LogP contribution is -2.42. The van der Waals surface area contributed by atoms with Crippen LogP contribution in [0.1, 0.15) is 111 Å². The molecule has 0 bridgehead atoms. The van der Waals surface area contributed by atoms with Gasteiger partial charge in [0.2, 0.25) is 0 Å². The molecule has 0 spiro atoms. The lowest BCUT2D eigenvalue weighted by molar-refractivity contribution is -0.139. The Morgan fingerprint density at radius 2 is 1.66 bits per heavy atom. The summed E-state index contributed by atoms with van der Waals surface area (Å²) in [5.41, 5.74) is 4.10. The van der Waals surface area contributed by atoms with Crippen LogP contribution in [0.4, 0.5) is 0 Å². The first-order chi connectivity index (χ1) is 21.1. The van der Waals surface area contributed by atoms with E-state index < -0.39 is 12.0 Å². The SMILES string of the molecule is CCCC1CCC(C2CC=C(c3cnc(-c4ccc(CC(NC(=O)c5ccc(C(C)(C)C)s5)C(=O)O)cc4)nc3)CC2)CC1. The monoisotopic (exact) mass is 613 g/mol. The number of nitrogens with zero attached hydrogens (tertiary/aromatic N) is 2. The van der Waals surface area contributed by atoms with Crippen LogP contribution in [0.2, 0.25) is 0 Å². The van der Waals surface area contributed by atoms with Crippen LogP contribution in [0.3, 0.4) is 0 Å². The first-order valence-electron chi connectivity index (χ1n) is 16.4. The van der Waals surface area contributed by atoms with E-state index in [9.17, 15) is 14.7 Å². The summed E-state index contributed by atoms with van der Waals surface area (Å²) >= 11 is 1.40. The summed E-state index contributed by atoms with van der Waals surface area (Å²) in [6.45, 7) is 8.58. The minimum absolute atomic E-state index is 0.0649. The number of benzene rings is 1. The van der Waals surface area contributed by atoms with Crippen molar-refractivity contribution >= 4 is 28.8 Å². The molecule has 6 nitrogen and oxygen atoms in total. The molecule has 44 heavy (non-hydrogen) atoms. The van der Waals surface area contributed by atoms with Crippen molar-refractivity contribution in [1.82, 2.24) is 15.3 Å². The molecule has 2 aliphatic carbocycles. The normalized spacial score (nSPS) is 21.4. The van der Waals surface area contributed by atoms with Gasteiger partial charge in [-0.05, 0) is 78.5 Å². The first kappa shape index (κ1) is 32.1. The van der Waals surface area contributed by atoms with Gasteiger partial charge in [-0.25, -0.2) is 14.8 Å². The fraction of sp³-hybridized carbons (Fsp3) is 0.514. The molecular weight excluding hydrogens is 566 g/mol. The van der Waals surface area contributed by atoms with E-state index in [1.165, 1.54) is 68.3 Å². The lowest BCUT2D eigenvalue weighted by Gasteiger charge is -2.35. The van der Waals surface area contributed by atoms with Crippen LogP contribution in [-0.4, -0.2) is 33.0 Å². The molecule has 3 aromatic rings. The summed E-state index contributed by atoms with van der Waals surface area (Å²) < 4.78 is 0. The fourth-order valence-electron chi connectivity index (χ4n) is 6.86. The summed E-state index contributed by atoms with van der Waals surface area (Å²) in [6, 6.07) is 10.3. The topological polar surface area (TPSA) is 92.2 Å². The molecule has 2 heterocycles. The molecule has 5 rings (SSSR count). The number of hydrogen-bond donors (Lipinski definition) is 2. The van der Waals surface area contributed by atoms with Gasteiger partial charge in [-0.2, -0.15) is 0 Å². The summed E-state index contributed by atoms with van der Waals surface area (Å²) in [4.78, 5) is 35.7. The molecule has 0 saturated heterocycles. The van der Waals surface area contributed by atoms with Crippen molar-refractivity contribution < 1.29 is 14.7 Å². The Morgan fingerprint density at radius 3 is 2.23 bits per heavy atom. The maximum absolute atomic E-state index is 12.8. The second-order valence-corrected chi connectivity index (χ2v) is 14.9. The summed E-state index contributed by atoms with van der Waals surface area (Å²) in [6.07, 6.45) is 18.4. The van der Waals surface area contributed by atoms with Crippen molar-refractivity contribution in [1.29, 1.82) is 0 Å². The Balaban J connectivity index is 1.15. The van der Waals surface area contributed by atoms with Crippen LogP contribution in [0, 0.1) is 17.8 Å². The molecule has 0 aliphatic heterocycles. The van der Waals surface area contributed by atoms with Gasteiger partial charge in [0.1, 0.15) is 6.04 Å². The van der Waals surface area contributed by atoms with Crippen molar-refractivity contribution in [2.75, 3.05) is 0 Å². The average molecular weight is 614 g/mol. The zero-order valence-corrected chi connectivity index (χ0v) is 27.5. The number of aliphatic carboxylic acids is 1. The Morgan fingerprint density at radius 1 is 0.955 bits per heavy atom. The van der Waals surface area contributed by atoms with Gasteiger partial charge in [-0.1, -0.05) is 83.7 Å². The minimum Gasteiger partial charge on any atom is -0.480 e. The number of carboxylic acids is 1. The number of rotatable bonds is 10. The molecule has 1 fully saturated rings. The smallest absolute Gasteiger partial charge is 0.326 e. The third-order valence-electron chi connectivity index (χ3n) is 9.55. The number of thiophene rings is 1. The van der Waals surface area contributed by atoms with Crippen LogP contribution >= 0.6 is 11.3 Å². The van der Waals surface area contributed by atoms with Crippen LogP contribution in [0.5, 0.6) is 0 Å². The van der Waals surface area contributed by atoms with Crippen LogP contribution in [0.15, 0.2) is 54.9 Å². The van der Waals surface area contributed by atoms with E-state index in [4.69, 9.17) is 0 Å². The van der Waals surface area contributed by atoms with Gasteiger partial charge in [-0.3, -0.25) is 4.79 Å². The zero-order valence-electron chi connectivity index (χ0n) is 26.6. The maximum Gasteiger partial charge on any atom is 0.326 e. The molecule has 234 valence electrons. The zero-order chi connectivity index (χ0) is 31.3. The van der Waals surface area contributed by atoms with Crippen molar-refractivity contribution in [2.45, 2.75) is 103 Å². The summed E-state index contributed by atoms with van der Waals surface area (Å²) in [7, 11) is 0. The highest BCUT2D eigenvalue weighted by Gasteiger charge is 2.29. The third kappa shape index (κ3) is 8.03. The predicted molar refractivity (Wildman–Crippen MR) is 179 cm³/mol. The maximum atomic E-state index is 12.8. The number of carbonyl (C=O) groups is 2. The van der Waals surface area contributed by atoms with Crippen LogP contribution in [0.25, 0.3) is 17.0 Å². The van der Waals surface area contributed by atoms with Gasteiger partial charge in [0.15, 0.2) is 5.82 Å². The molecule has 7 heteroatoms. The van der Waals surface area contributed by atoms with E-state index in [2.05, 4.69) is 49.1 Å². The van der Waals surface area contributed by atoms with Gasteiger partial charge < -0.3 is 10.4 Å². The second-order valence-electron chi connectivity index (χ2n) is 13.8. The van der Waals surface area contributed by atoms with E-state index in [0.29, 0.717) is 10.7 Å². The number of hydrogen-bond acceptors (Lipinski definition) is 5. The fourth-order valence-corrected chi connectivity index (χ4v) is 7.83. The van der Waals surface area contributed by atoms with E-state index >= 15 is 0 Å². The standard InChI is InChI=1S/C37H47N3O3S/c1-5-6-24-7-11-26(12-8-24)27-15-17-28(18-16-27)30-22-38-34(39-23-30)29-13-9-25(10-14-29)21-31(36(42)43)40-35(41)32-19-20-33(44-32)37(2,3)4/h9-10,13-14,17,19-20,22-24,26-27,31H,5-8,11-12,15-16,18,21H2,1-4H3,(H,40,41)(H,42,43). The quantitative estimate of drug-likeness (QED) is 0.239. The number of nitrogens with one attached hydrogen (secondary N) is 1. The highest BCUT2D eigenvalue weighted by molar-refractivity contribution is 7.14. The molecule has 2 aromatic heterocycles. The van der Waals surface area contributed by atoms with E-state index in [0.717, 1.165) is 45.7 Å². The Bertz CT molecular complexity index is 1440. The second kappa shape index (κ2) is 14.2. The molecular formula is C37H47N3O3S. The van der Waals surface area contributed by atoms with E-state index in [1.807, 2.05) is 42.7 Å². The number of aromatic nitrogens is 2. The van der Waals surface area contributed by atoms with E-state index in [1.54, 1.807) is 6.07 Å². The van der Waals surface area contributed by atoms with Gasteiger partial charge in [0, 0.05) is 34.8 Å². The van der Waals surface area contributed by atoms with Crippen molar-refractivity contribution in [3.63, 3.8) is 0 Å². The van der Waals surface area contributed by atoms with Crippen LogP contribution < -0.4 is 5.32 Å². The minimum atomic E-state index is -1.06. The van der Waals surface area contributed by atoms with Gasteiger partial charge in [-0.15, -0.1) is 11.3 Å². The largest absolute Gasteiger partial charge is 0.480 e. The summed E-state index contributed by atoms with van der Waals surface area (Å²) in [5.74, 6) is 1.91. The Kier molecular flexibility index (Phi) is 10.3. The van der Waals surface area contributed by atoms with Gasteiger partial charge in [0.05, 0.1) is 4.88 Å². The number of carbonyl (C=O) groups excluding carboxylic acids is 1. The van der Waals surface area contributed by atoms with Gasteiger partial charge >= 0.3 is 5.97 Å². The van der Waals surface area contributed by atoms with E-state index in [-0.39, 0.29) is 17.7 Å². The Labute approximate surface area is 266 Å². The first-order valence-corrected chi connectivity index (χ1v) is 17.2. The molecule has 1 aromatic carbocycles. The third-order valence-corrected chi connectivity index (χ3v) is 11.1. The van der Waals surface area contributed by atoms with Crippen LogP contribution in [-0.2, 0) is 16.6 Å². The predicted octanol–water partition coefficient (Wildman–Crippen LogP) is 8.72. The number of carboxylic acid groups (broad SMARTS) is 1. The Hall–Kier alpha value is -3.32. The molecule has 1 amide bonds. The summed E-state index contributed by atoms with van der Waals surface area (Å²) in [5, 5.41) is 12.5. The number of allylic oxidation sites excluding steroid dienone is 2. The lowest BCUT2D eigenvalue weighted by atomic mass is 9.70. The van der Waals surface area contributed by atoms with Crippen molar-refractivity contribution in [3.05, 3.63) is 75.7 Å². The van der Waals surface area contributed by atoms with Gasteiger partial charge in [0.25, 0.3) is 5.91 Å². The molecule has 2 aliphatic rings. The molecule has 1 saturated carbocycles.